The molecule has 0 heterocycles. The van der Waals surface area contributed by atoms with Crippen LogP contribution in [0.5, 0.6) is 0 Å². The Labute approximate surface area is 261 Å². The third-order valence-electron chi connectivity index (χ3n) is 13.0. The molecule has 0 radical (unpaired) electrons. The van der Waals surface area contributed by atoms with Crippen molar-refractivity contribution >= 4 is 44.1 Å². The van der Waals surface area contributed by atoms with Crippen LogP contribution in [0.15, 0.2) is 78.4 Å². The predicted octanol–water partition coefficient (Wildman–Crippen LogP) is 9.76. The van der Waals surface area contributed by atoms with E-state index in [4.69, 9.17) is 4.74 Å². The zero-order chi connectivity index (χ0) is 30.2. The van der Waals surface area contributed by atoms with Crippen LogP contribution in [-0.4, -0.2) is 17.9 Å². The third-order valence-corrected chi connectivity index (χ3v) is 13.0. The number of ketones is 1. The van der Waals surface area contributed by atoms with Crippen molar-refractivity contribution in [3.8, 4) is 0 Å². The van der Waals surface area contributed by atoms with E-state index in [0.717, 1.165) is 44.9 Å². The first kappa shape index (κ1) is 28.0. The monoisotopic (exact) mass is 584 g/mol. The Hall–Kier alpha value is -3.46. The summed E-state index contributed by atoms with van der Waals surface area (Å²) in [7, 11) is 0. The van der Waals surface area contributed by atoms with Crippen LogP contribution < -0.4 is 0 Å². The highest BCUT2D eigenvalue weighted by Crippen LogP contribution is 2.66. The summed E-state index contributed by atoms with van der Waals surface area (Å²) in [4.78, 5) is 25.5. The number of ether oxygens (including phenoxy) is 1. The van der Waals surface area contributed by atoms with E-state index in [-0.39, 0.29) is 28.8 Å². The van der Waals surface area contributed by atoms with Gasteiger partial charge in [0.25, 0.3) is 0 Å². The number of hydrogen-bond donors (Lipinski definition) is 0. The number of carbonyl (C=O) groups excluding carboxylic acids is 2. The maximum absolute atomic E-state index is 13.9. The minimum absolute atomic E-state index is 0.0406. The molecule has 3 heteroatoms. The van der Waals surface area contributed by atoms with Crippen LogP contribution in [0.1, 0.15) is 77.7 Å². The van der Waals surface area contributed by atoms with Crippen molar-refractivity contribution in [2.24, 2.45) is 34.5 Å². The molecule has 3 fully saturated rings. The van der Waals surface area contributed by atoms with Crippen LogP contribution in [0.2, 0.25) is 0 Å². The van der Waals surface area contributed by atoms with Crippen molar-refractivity contribution in [1.29, 1.82) is 0 Å². The summed E-state index contributed by atoms with van der Waals surface area (Å²) in [6.07, 6.45) is 16.0. The van der Waals surface area contributed by atoms with Crippen LogP contribution in [-0.2, 0) is 20.7 Å². The molecule has 0 saturated heterocycles. The van der Waals surface area contributed by atoms with Crippen LogP contribution >= 0.6 is 0 Å². The molecule has 3 nitrogen and oxygen atoms in total. The molecule has 0 spiro atoms. The van der Waals surface area contributed by atoms with Crippen molar-refractivity contribution in [3.63, 3.8) is 0 Å². The lowest BCUT2D eigenvalue weighted by Crippen LogP contribution is -2.51. The quantitative estimate of drug-likeness (QED) is 0.101. The first-order valence-electron chi connectivity index (χ1n) is 17.0. The molecule has 4 aliphatic carbocycles. The molecular weight excluding hydrogens is 540 g/mol. The number of esters is 1. The topological polar surface area (TPSA) is 43.4 Å². The zero-order valence-corrected chi connectivity index (χ0v) is 26.4. The second-order valence-corrected chi connectivity index (χ2v) is 15.0. The highest BCUT2D eigenvalue weighted by Gasteiger charge is 2.59. The summed E-state index contributed by atoms with van der Waals surface area (Å²) in [5.74, 6) is 2.26. The molecule has 4 aromatic carbocycles. The molecule has 44 heavy (non-hydrogen) atoms. The molecule has 4 aromatic rings. The van der Waals surface area contributed by atoms with Crippen molar-refractivity contribution < 1.29 is 14.3 Å². The summed E-state index contributed by atoms with van der Waals surface area (Å²) in [5.41, 5.74) is 3.12. The Bertz CT molecular complexity index is 1830. The number of carbonyl (C=O) groups is 2. The van der Waals surface area contributed by atoms with Gasteiger partial charge in [-0.2, -0.15) is 0 Å². The second-order valence-electron chi connectivity index (χ2n) is 15.0. The van der Waals surface area contributed by atoms with E-state index in [0.29, 0.717) is 23.5 Å². The summed E-state index contributed by atoms with van der Waals surface area (Å²) < 4.78 is 5.63. The molecule has 0 bridgehead atoms. The Balaban J connectivity index is 0.999. The number of hydrogen-bond acceptors (Lipinski definition) is 3. The summed E-state index contributed by atoms with van der Waals surface area (Å²) in [5, 5.41) is 7.85. The van der Waals surface area contributed by atoms with Gasteiger partial charge in [-0.25, -0.2) is 0 Å². The molecule has 8 rings (SSSR count). The molecule has 0 aliphatic heterocycles. The fraction of sp³-hybridized carbons (Fsp3) is 0.463. The maximum atomic E-state index is 13.9. The Morgan fingerprint density at radius 3 is 2.41 bits per heavy atom. The van der Waals surface area contributed by atoms with Crippen LogP contribution in [0.4, 0.5) is 0 Å². The van der Waals surface area contributed by atoms with Gasteiger partial charge < -0.3 is 4.74 Å². The van der Waals surface area contributed by atoms with Gasteiger partial charge >= 0.3 is 5.97 Å². The Kier molecular flexibility index (Phi) is 6.56. The van der Waals surface area contributed by atoms with Crippen LogP contribution in [0, 0.1) is 34.5 Å². The van der Waals surface area contributed by atoms with Gasteiger partial charge in [0, 0.05) is 19.3 Å². The molecule has 7 atom stereocenters. The minimum atomic E-state index is -0.159. The first-order chi connectivity index (χ1) is 21.3. The molecule has 3 saturated carbocycles. The lowest BCUT2D eigenvalue weighted by molar-refractivity contribution is -0.149. The lowest BCUT2D eigenvalue weighted by Gasteiger charge is -2.58. The first-order valence-corrected chi connectivity index (χ1v) is 17.0. The average molecular weight is 585 g/mol. The number of allylic oxidation sites excluding steroid dienone is 3. The van der Waals surface area contributed by atoms with Gasteiger partial charge in [0.1, 0.15) is 6.10 Å². The van der Waals surface area contributed by atoms with E-state index in [1.807, 2.05) is 6.08 Å². The van der Waals surface area contributed by atoms with E-state index >= 15 is 0 Å². The van der Waals surface area contributed by atoms with Crippen molar-refractivity contribution in [3.05, 3.63) is 84.0 Å². The molecule has 0 aromatic heterocycles. The van der Waals surface area contributed by atoms with E-state index < -0.39 is 0 Å². The summed E-state index contributed by atoms with van der Waals surface area (Å²) >= 11 is 0. The normalized spacial score (nSPS) is 33.3. The van der Waals surface area contributed by atoms with Crippen LogP contribution in [0.25, 0.3) is 32.3 Å². The van der Waals surface area contributed by atoms with Gasteiger partial charge in [-0.05, 0) is 124 Å². The highest BCUT2D eigenvalue weighted by atomic mass is 16.5. The fourth-order valence-electron chi connectivity index (χ4n) is 10.8. The lowest BCUT2D eigenvalue weighted by atomic mass is 9.47. The van der Waals surface area contributed by atoms with E-state index in [2.05, 4.69) is 80.6 Å². The van der Waals surface area contributed by atoms with Crippen LogP contribution in [0.3, 0.4) is 0 Å². The Morgan fingerprint density at radius 1 is 0.864 bits per heavy atom. The van der Waals surface area contributed by atoms with Gasteiger partial charge in [0.05, 0.1) is 0 Å². The number of rotatable bonds is 5. The van der Waals surface area contributed by atoms with Crippen molar-refractivity contribution in [2.45, 2.75) is 84.7 Å². The highest BCUT2D eigenvalue weighted by molar-refractivity contribution is 6.23. The maximum Gasteiger partial charge on any atom is 0.302 e. The smallest absolute Gasteiger partial charge is 0.302 e. The van der Waals surface area contributed by atoms with E-state index in [1.165, 1.54) is 63.2 Å². The largest absolute Gasteiger partial charge is 0.462 e. The van der Waals surface area contributed by atoms with Gasteiger partial charge in [-0.3, -0.25) is 9.59 Å². The van der Waals surface area contributed by atoms with Gasteiger partial charge in [-0.15, -0.1) is 0 Å². The summed E-state index contributed by atoms with van der Waals surface area (Å²) in [6, 6.07) is 20.0. The van der Waals surface area contributed by atoms with Gasteiger partial charge in [0.2, 0.25) is 0 Å². The van der Waals surface area contributed by atoms with Crippen molar-refractivity contribution in [1.82, 2.24) is 0 Å². The standard InChI is InChI=1S/C41H44O3/c1-25(42)44-31-20-22-40(2)30(24-31)15-17-33-34-18-19-36(41(34,3)23-21-35(33)40)37(43)9-5-6-26-10-11-29-13-12-27-7-4-8-28-14-16-32(26)39(29)38(27)28/h4-5,7-16,31,33-36H,6,17-24H2,1-3H3/b9-5+/t31-,33-,34-,35-,36+,40-,41-/m0/s1. The van der Waals surface area contributed by atoms with Gasteiger partial charge in [-0.1, -0.05) is 86.2 Å². The fourth-order valence-corrected chi connectivity index (χ4v) is 10.8. The molecule has 0 unspecified atom stereocenters. The van der Waals surface area contributed by atoms with Crippen molar-refractivity contribution in [2.75, 3.05) is 0 Å². The SMILES string of the molecule is CC(=O)O[C@H]1CC[C@@]2(C)C(=CC[C@H]3[C@@H]4CC[C@H](C(=O)/C=C/Cc5ccc6ccc7cccc8ccc5c6c78)[C@@]4(C)CC[C@@H]32)C1. The number of fused-ring (bicyclic) bond motifs is 5. The molecule has 4 aliphatic rings. The molecule has 0 amide bonds. The predicted molar refractivity (Wildman–Crippen MR) is 179 cm³/mol. The minimum Gasteiger partial charge on any atom is -0.462 e. The Morgan fingerprint density at radius 2 is 1.61 bits per heavy atom. The van der Waals surface area contributed by atoms with E-state index in [1.54, 1.807) is 0 Å². The molecule has 226 valence electrons. The zero-order valence-electron chi connectivity index (χ0n) is 26.4. The molecular formula is C41H44O3. The molecule has 0 N–H and O–H groups in total. The average Bonchev–Trinajstić information content (AvgIpc) is 3.37. The summed E-state index contributed by atoms with van der Waals surface area (Å²) in [6.45, 7) is 6.46. The van der Waals surface area contributed by atoms with Gasteiger partial charge in [0.15, 0.2) is 5.78 Å². The van der Waals surface area contributed by atoms with E-state index in [9.17, 15) is 9.59 Å². The number of benzene rings is 4. The third kappa shape index (κ3) is 4.21. The second kappa shape index (κ2) is 10.3.